The number of carboxylic acids is 6. The van der Waals surface area contributed by atoms with Crippen LogP contribution in [0.5, 0.6) is 0 Å². The zero-order chi connectivity index (χ0) is 21.5. The summed E-state index contributed by atoms with van der Waals surface area (Å²) in [6, 6.07) is 1.14. The third kappa shape index (κ3) is 2.94. The Hall–Kier alpha value is -4.48. The summed E-state index contributed by atoms with van der Waals surface area (Å²) in [5, 5.41) is 54.3. The quantitative estimate of drug-likeness (QED) is 0.405. The van der Waals surface area contributed by atoms with Crippen molar-refractivity contribution < 1.29 is 59.4 Å². The summed E-state index contributed by atoms with van der Waals surface area (Å²) in [6.07, 6.45) is 0. The van der Waals surface area contributed by atoms with Crippen LogP contribution in [0.1, 0.15) is 62.1 Å². The lowest BCUT2D eigenvalue weighted by Gasteiger charge is -2.15. The van der Waals surface area contributed by atoms with E-state index in [0.29, 0.717) is 12.1 Å². The monoisotopic (exact) mass is 392 g/mol. The average molecular weight is 392 g/mol. The molecule has 0 saturated carbocycles. The van der Waals surface area contributed by atoms with E-state index in [1.807, 2.05) is 0 Å². The van der Waals surface area contributed by atoms with Crippen molar-refractivity contribution >= 4 is 46.6 Å². The first kappa shape index (κ1) is 19.8. The Labute approximate surface area is 152 Å². The molecule has 0 atom stereocenters. The maximum Gasteiger partial charge on any atom is 0.337 e. The van der Waals surface area contributed by atoms with Crippen LogP contribution in [0, 0.1) is 0 Å². The van der Waals surface area contributed by atoms with E-state index >= 15 is 0 Å². The van der Waals surface area contributed by atoms with E-state index in [4.69, 9.17) is 0 Å². The number of carbonyl (C=O) groups is 6. The van der Waals surface area contributed by atoms with Gasteiger partial charge in [-0.1, -0.05) is 0 Å². The molecule has 0 radical (unpaired) electrons. The van der Waals surface area contributed by atoms with Crippen molar-refractivity contribution in [2.24, 2.45) is 0 Å². The highest BCUT2D eigenvalue weighted by Gasteiger charge is 2.34. The highest BCUT2D eigenvalue weighted by molar-refractivity contribution is 6.24. The lowest BCUT2D eigenvalue weighted by atomic mass is 9.86. The van der Waals surface area contributed by atoms with Crippen LogP contribution < -0.4 is 0 Å². The molecule has 0 aromatic heterocycles. The Morgan fingerprint density at radius 3 is 0.964 bits per heavy atom. The zero-order valence-corrected chi connectivity index (χ0v) is 13.3. The molecule has 2 aromatic rings. The molecule has 12 heteroatoms. The first-order valence-corrected chi connectivity index (χ1v) is 6.97. The molecule has 0 aliphatic carbocycles. The summed E-state index contributed by atoms with van der Waals surface area (Å²) in [7, 11) is 0. The van der Waals surface area contributed by atoms with E-state index in [2.05, 4.69) is 0 Å². The Bertz CT molecular complexity index is 1040. The van der Waals surface area contributed by atoms with Crippen LogP contribution in [0.15, 0.2) is 12.1 Å². The van der Waals surface area contributed by atoms with Crippen molar-refractivity contribution in [3.63, 3.8) is 0 Å². The Kier molecular flexibility index (Phi) is 4.73. The molecule has 0 unspecified atom stereocenters. The molecule has 12 nitrogen and oxygen atoms in total. The van der Waals surface area contributed by atoms with Gasteiger partial charge < -0.3 is 30.6 Å². The standard InChI is InChI=1S/C16H8O12/c17-11(18)4-1-3-2-5(12(19)20)8(14(23)24)10(16(27)28)6(3)9(15(25)26)7(4)13(21)22/h1-2H,(H,17,18)(H,19,20)(H,21,22)(H,23,24)(H,25,26)(H,27,28). The first-order chi connectivity index (χ1) is 12.9. The van der Waals surface area contributed by atoms with Crippen molar-refractivity contribution in [1.29, 1.82) is 0 Å². The Morgan fingerprint density at radius 2 is 0.750 bits per heavy atom. The van der Waals surface area contributed by atoms with Gasteiger partial charge >= 0.3 is 35.8 Å². The summed E-state index contributed by atoms with van der Waals surface area (Å²) >= 11 is 0. The van der Waals surface area contributed by atoms with Gasteiger partial charge in [-0.25, -0.2) is 28.8 Å². The van der Waals surface area contributed by atoms with Gasteiger partial charge in [0.1, 0.15) is 0 Å². The summed E-state index contributed by atoms with van der Waals surface area (Å²) < 4.78 is 0. The zero-order valence-electron chi connectivity index (χ0n) is 13.3. The van der Waals surface area contributed by atoms with Gasteiger partial charge in [-0.15, -0.1) is 0 Å². The lowest BCUT2D eigenvalue weighted by Crippen LogP contribution is -2.20. The predicted octanol–water partition coefficient (Wildman–Crippen LogP) is 1.03. The summed E-state index contributed by atoms with van der Waals surface area (Å²) in [5.74, 6) is -11.9. The topological polar surface area (TPSA) is 224 Å². The minimum Gasteiger partial charge on any atom is -0.478 e. The molecule has 6 N–H and O–H groups in total. The molecule has 28 heavy (non-hydrogen) atoms. The van der Waals surface area contributed by atoms with Gasteiger partial charge in [0.15, 0.2) is 0 Å². The van der Waals surface area contributed by atoms with Crippen LogP contribution >= 0.6 is 0 Å². The van der Waals surface area contributed by atoms with E-state index in [9.17, 15) is 59.4 Å². The van der Waals surface area contributed by atoms with Gasteiger partial charge in [0, 0.05) is 5.39 Å². The maximum atomic E-state index is 11.7. The minimum absolute atomic E-state index is 0.568. The fourth-order valence-electron chi connectivity index (χ4n) is 2.78. The Morgan fingerprint density at radius 1 is 0.464 bits per heavy atom. The second-order valence-electron chi connectivity index (χ2n) is 5.28. The minimum atomic E-state index is -2.05. The van der Waals surface area contributed by atoms with Gasteiger partial charge in [0.2, 0.25) is 0 Å². The molecule has 0 fully saturated rings. The van der Waals surface area contributed by atoms with Crippen LogP contribution in [0.3, 0.4) is 0 Å². The number of rotatable bonds is 6. The molecule has 144 valence electrons. The normalized spacial score (nSPS) is 10.4. The van der Waals surface area contributed by atoms with Crippen LogP contribution in [0.2, 0.25) is 0 Å². The number of aromatic carboxylic acids is 6. The van der Waals surface area contributed by atoms with Crippen molar-refractivity contribution in [3.8, 4) is 0 Å². The summed E-state index contributed by atoms with van der Waals surface area (Å²) in [6.45, 7) is 0. The molecule has 0 heterocycles. The van der Waals surface area contributed by atoms with Crippen molar-refractivity contribution in [2.45, 2.75) is 0 Å². The van der Waals surface area contributed by atoms with Gasteiger partial charge in [0.05, 0.1) is 33.4 Å². The lowest BCUT2D eigenvalue weighted by molar-refractivity contribution is 0.0631. The van der Waals surface area contributed by atoms with E-state index in [1.165, 1.54) is 0 Å². The third-order valence-corrected chi connectivity index (χ3v) is 3.74. The second kappa shape index (κ2) is 6.68. The molecule has 0 aliphatic heterocycles. The number of hydrogen-bond donors (Lipinski definition) is 6. The van der Waals surface area contributed by atoms with Gasteiger partial charge in [-0.3, -0.25) is 0 Å². The van der Waals surface area contributed by atoms with E-state index in [1.54, 1.807) is 0 Å². The van der Waals surface area contributed by atoms with Crippen LogP contribution in [0.25, 0.3) is 10.8 Å². The van der Waals surface area contributed by atoms with Crippen LogP contribution in [-0.2, 0) is 0 Å². The van der Waals surface area contributed by atoms with Crippen molar-refractivity contribution in [3.05, 3.63) is 45.5 Å². The number of fused-ring (bicyclic) bond motifs is 1. The van der Waals surface area contributed by atoms with E-state index in [0.717, 1.165) is 0 Å². The van der Waals surface area contributed by atoms with Crippen molar-refractivity contribution in [1.82, 2.24) is 0 Å². The molecular formula is C16H8O12. The fraction of sp³-hybridized carbons (Fsp3) is 0. The number of carboxylic acid groups (broad SMARTS) is 6. The largest absolute Gasteiger partial charge is 0.478 e. The molecular weight excluding hydrogens is 384 g/mol. The summed E-state index contributed by atoms with van der Waals surface area (Å²) in [5.41, 5.74) is -7.25. The highest BCUT2D eigenvalue weighted by Crippen LogP contribution is 2.34. The number of benzene rings is 2. The number of hydrogen-bond acceptors (Lipinski definition) is 6. The first-order valence-electron chi connectivity index (χ1n) is 6.97. The average Bonchev–Trinajstić information content (AvgIpc) is 2.57. The SMILES string of the molecule is O=C(O)c1cc2cc(C(=O)O)c(C(=O)O)c(C(=O)O)c2c(C(=O)O)c1C(=O)O. The van der Waals surface area contributed by atoms with Crippen LogP contribution in [-0.4, -0.2) is 66.5 Å². The molecule has 0 bridgehead atoms. The van der Waals surface area contributed by atoms with Gasteiger partial charge in [-0.05, 0) is 17.5 Å². The molecule has 0 aliphatic rings. The molecule has 2 aromatic carbocycles. The fourth-order valence-corrected chi connectivity index (χ4v) is 2.78. The smallest absolute Gasteiger partial charge is 0.337 e. The van der Waals surface area contributed by atoms with Crippen LogP contribution in [0.4, 0.5) is 0 Å². The van der Waals surface area contributed by atoms with Crippen molar-refractivity contribution in [2.75, 3.05) is 0 Å². The predicted molar refractivity (Wildman–Crippen MR) is 85.7 cm³/mol. The van der Waals surface area contributed by atoms with Gasteiger partial charge in [-0.2, -0.15) is 0 Å². The van der Waals surface area contributed by atoms with E-state index < -0.39 is 80.0 Å². The third-order valence-electron chi connectivity index (χ3n) is 3.74. The van der Waals surface area contributed by atoms with Gasteiger partial charge in [0.25, 0.3) is 0 Å². The Balaban J connectivity index is 3.40. The summed E-state index contributed by atoms with van der Waals surface area (Å²) in [4.78, 5) is 69.1. The molecule has 0 saturated heterocycles. The molecule has 0 amide bonds. The second-order valence-corrected chi connectivity index (χ2v) is 5.28. The van der Waals surface area contributed by atoms with E-state index in [-0.39, 0.29) is 0 Å². The molecule has 0 spiro atoms. The maximum absolute atomic E-state index is 11.7. The highest BCUT2D eigenvalue weighted by atomic mass is 16.4. The molecule has 2 rings (SSSR count).